The Kier molecular flexibility index (Phi) is 5.99. The average molecular weight is 405 g/mol. The van der Waals surface area contributed by atoms with E-state index in [1.165, 1.54) is 0 Å². The second kappa shape index (κ2) is 7.94. The van der Waals surface area contributed by atoms with E-state index in [-0.39, 0.29) is 10.8 Å². The number of nitrogens with zero attached hydrogens (tertiary/aromatic N) is 2. The highest BCUT2D eigenvalue weighted by Gasteiger charge is 2.34. The second-order valence-electron chi connectivity index (χ2n) is 8.08. The van der Waals surface area contributed by atoms with E-state index >= 15 is 0 Å². The first-order valence-corrected chi connectivity index (χ1v) is 11.7. The summed E-state index contributed by atoms with van der Waals surface area (Å²) in [6, 6.07) is 11.0. The molecule has 0 radical (unpaired) electrons. The molecule has 0 bridgehead atoms. The van der Waals surface area contributed by atoms with E-state index in [4.69, 9.17) is 0 Å². The van der Waals surface area contributed by atoms with Crippen LogP contribution in [0, 0.1) is 6.92 Å². The van der Waals surface area contributed by atoms with E-state index in [1.807, 2.05) is 37.4 Å². The van der Waals surface area contributed by atoms with Crippen LogP contribution in [-0.2, 0) is 10.0 Å². The van der Waals surface area contributed by atoms with Crippen molar-refractivity contribution in [2.24, 2.45) is 0 Å². The molecule has 1 unspecified atom stereocenters. The summed E-state index contributed by atoms with van der Waals surface area (Å²) in [7, 11) is -3.51. The Morgan fingerprint density at radius 3 is 2.37 bits per heavy atom. The van der Waals surface area contributed by atoms with Crippen LogP contribution in [-0.4, -0.2) is 29.0 Å². The topological polar surface area (TPSA) is 50.3 Å². The fourth-order valence-electron chi connectivity index (χ4n) is 3.33. The Labute approximate surface area is 167 Å². The Balaban J connectivity index is 1.88. The number of aryl methyl sites for hydroxylation is 1. The van der Waals surface area contributed by atoms with Crippen molar-refractivity contribution < 1.29 is 8.42 Å². The minimum Gasteiger partial charge on any atom is -0.250 e. The van der Waals surface area contributed by atoms with Crippen molar-refractivity contribution >= 4 is 21.8 Å². The molecule has 0 aliphatic carbocycles. The number of piperidine rings is 1. The van der Waals surface area contributed by atoms with E-state index in [0.29, 0.717) is 11.4 Å². The fraction of sp³-hybridized carbons (Fsp3) is 0.476. The summed E-state index contributed by atoms with van der Waals surface area (Å²) < 4.78 is 28.2. The number of hydrogen-bond donors (Lipinski definition) is 0. The molecule has 0 amide bonds. The van der Waals surface area contributed by atoms with Gasteiger partial charge in [-0.2, -0.15) is 4.31 Å². The molecule has 1 aromatic carbocycles. The minimum atomic E-state index is -3.51. The largest absolute Gasteiger partial charge is 0.250 e. The van der Waals surface area contributed by atoms with E-state index in [2.05, 4.69) is 25.8 Å². The Hall–Kier alpha value is -1.37. The van der Waals surface area contributed by atoms with Crippen LogP contribution in [0.5, 0.6) is 0 Å². The van der Waals surface area contributed by atoms with Gasteiger partial charge in [0, 0.05) is 17.5 Å². The highest BCUT2D eigenvalue weighted by molar-refractivity contribution is 8.00. The van der Waals surface area contributed by atoms with E-state index in [0.717, 1.165) is 35.4 Å². The van der Waals surface area contributed by atoms with Gasteiger partial charge < -0.3 is 0 Å². The third-order valence-corrected chi connectivity index (χ3v) is 7.62. The molecule has 1 saturated heterocycles. The number of thioether (sulfide) groups is 1. The normalized spacial score (nSPS) is 19.2. The molecule has 1 aromatic heterocycles. The number of pyridine rings is 1. The second-order valence-corrected chi connectivity index (χ2v) is 11.8. The molecule has 146 valence electrons. The monoisotopic (exact) mass is 404 g/mol. The predicted molar refractivity (Wildman–Crippen MR) is 112 cm³/mol. The summed E-state index contributed by atoms with van der Waals surface area (Å²) in [4.78, 5) is 4.95. The third kappa shape index (κ3) is 4.92. The van der Waals surface area contributed by atoms with Crippen LogP contribution < -0.4 is 0 Å². The smallest absolute Gasteiger partial charge is 0.243 e. The molecule has 1 aliphatic heterocycles. The summed E-state index contributed by atoms with van der Waals surface area (Å²) in [6.45, 7) is 8.99. The molecule has 0 saturated carbocycles. The molecule has 3 rings (SSSR count). The summed E-state index contributed by atoms with van der Waals surface area (Å²) in [6.07, 6.45) is 4.61. The highest BCUT2D eigenvalue weighted by atomic mass is 32.2. The van der Waals surface area contributed by atoms with Gasteiger partial charge in [0.05, 0.1) is 16.0 Å². The zero-order valence-corrected chi connectivity index (χ0v) is 18.1. The van der Waals surface area contributed by atoms with Crippen molar-refractivity contribution in [2.45, 2.75) is 67.7 Å². The molecule has 2 heterocycles. The van der Waals surface area contributed by atoms with Crippen molar-refractivity contribution in [1.82, 2.24) is 9.29 Å². The molecule has 0 spiro atoms. The van der Waals surface area contributed by atoms with Crippen molar-refractivity contribution in [1.29, 1.82) is 0 Å². The van der Waals surface area contributed by atoms with Gasteiger partial charge in [-0.15, -0.1) is 11.8 Å². The maximum absolute atomic E-state index is 13.2. The van der Waals surface area contributed by atoms with Crippen molar-refractivity contribution in [3.8, 4) is 0 Å². The fourth-order valence-corrected chi connectivity index (χ4v) is 5.89. The first-order chi connectivity index (χ1) is 12.7. The Morgan fingerprint density at radius 2 is 1.78 bits per heavy atom. The van der Waals surface area contributed by atoms with Gasteiger partial charge in [-0.05, 0) is 43.5 Å². The van der Waals surface area contributed by atoms with Gasteiger partial charge in [-0.1, -0.05) is 51.0 Å². The van der Waals surface area contributed by atoms with Crippen LogP contribution in [0.3, 0.4) is 0 Å². The quantitative estimate of drug-likeness (QED) is 0.658. The van der Waals surface area contributed by atoms with Crippen LogP contribution in [0.1, 0.15) is 57.2 Å². The van der Waals surface area contributed by atoms with Gasteiger partial charge in [0.1, 0.15) is 0 Å². The molecule has 1 atom stereocenters. The predicted octanol–water partition coefficient (Wildman–Crippen LogP) is 5.20. The van der Waals surface area contributed by atoms with Crippen LogP contribution in [0.4, 0.5) is 0 Å². The Bertz CT molecular complexity index is 870. The molecular formula is C21H28N2O2S2. The van der Waals surface area contributed by atoms with Crippen molar-refractivity contribution in [2.75, 3.05) is 6.54 Å². The zero-order chi connectivity index (χ0) is 19.7. The van der Waals surface area contributed by atoms with Crippen LogP contribution in [0.25, 0.3) is 0 Å². The van der Waals surface area contributed by atoms with Crippen LogP contribution in [0.15, 0.2) is 52.5 Å². The maximum Gasteiger partial charge on any atom is 0.243 e. The molecular weight excluding hydrogens is 376 g/mol. The summed E-state index contributed by atoms with van der Waals surface area (Å²) in [5.41, 5.74) is 2.03. The lowest BCUT2D eigenvalue weighted by molar-refractivity contribution is 0.255. The van der Waals surface area contributed by atoms with Crippen molar-refractivity contribution in [3.63, 3.8) is 0 Å². The minimum absolute atomic E-state index is 0.0974. The van der Waals surface area contributed by atoms with Crippen LogP contribution in [0.2, 0.25) is 0 Å². The third-order valence-electron chi connectivity index (χ3n) is 4.64. The number of rotatable bonds is 4. The van der Waals surface area contributed by atoms with E-state index < -0.39 is 10.0 Å². The lowest BCUT2D eigenvalue weighted by Crippen LogP contribution is -2.38. The van der Waals surface area contributed by atoms with Crippen LogP contribution >= 0.6 is 11.8 Å². The molecule has 4 nitrogen and oxygen atoms in total. The van der Waals surface area contributed by atoms with Gasteiger partial charge >= 0.3 is 0 Å². The number of aromatic nitrogens is 1. The van der Waals surface area contributed by atoms with E-state index in [9.17, 15) is 8.42 Å². The van der Waals surface area contributed by atoms with E-state index in [1.54, 1.807) is 28.2 Å². The van der Waals surface area contributed by atoms with Gasteiger partial charge in [0.2, 0.25) is 10.0 Å². The summed E-state index contributed by atoms with van der Waals surface area (Å²) in [5, 5.41) is 0.968. The van der Waals surface area contributed by atoms with Gasteiger partial charge in [-0.25, -0.2) is 13.4 Å². The highest BCUT2D eigenvalue weighted by Crippen LogP contribution is 2.36. The number of benzene rings is 1. The molecule has 1 aliphatic rings. The maximum atomic E-state index is 13.2. The summed E-state index contributed by atoms with van der Waals surface area (Å²) in [5.74, 6) is 0. The first kappa shape index (κ1) is 20.4. The lowest BCUT2D eigenvalue weighted by atomic mass is 9.99. The Morgan fingerprint density at radius 1 is 1.07 bits per heavy atom. The van der Waals surface area contributed by atoms with Gasteiger partial charge in [0.25, 0.3) is 0 Å². The van der Waals surface area contributed by atoms with Crippen molar-refractivity contribution in [3.05, 3.63) is 53.7 Å². The first-order valence-electron chi connectivity index (χ1n) is 9.40. The van der Waals surface area contributed by atoms with Gasteiger partial charge in [-0.3, -0.25) is 0 Å². The lowest BCUT2D eigenvalue weighted by Gasteiger charge is -2.35. The molecule has 1 fully saturated rings. The summed E-state index contributed by atoms with van der Waals surface area (Å²) >= 11 is 1.72. The SMILES string of the molecule is Cc1ccc(S(=O)(=O)N2CCCCC2c2ccc(SC(C)(C)C)nc2)cc1. The molecule has 6 heteroatoms. The average Bonchev–Trinajstić information content (AvgIpc) is 2.61. The molecule has 0 N–H and O–H groups in total. The van der Waals surface area contributed by atoms with Gasteiger partial charge in [0.15, 0.2) is 0 Å². The standard InChI is InChI=1S/C21H28N2O2S2/c1-16-8-11-18(12-9-16)27(24,25)23-14-6-5-7-19(23)17-10-13-20(22-15-17)26-21(2,3)4/h8-13,15,19H,5-7,14H2,1-4H3. The number of sulfonamides is 1. The number of hydrogen-bond acceptors (Lipinski definition) is 4. The zero-order valence-electron chi connectivity index (χ0n) is 16.5. The molecule has 2 aromatic rings. The molecule has 27 heavy (non-hydrogen) atoms.